The van der Waals surface area contributed by atoms with Crippen LogP contribution in [-0.4, -0.2) is 25.2 Å². The third-order valence-corrected chi connectivity index (χ3v) is 4.33. The van der Waals surface area contributed by atoms with E-state index in [-0.39, 0.29) is 35.6 Å². The van der Waals surface area contributed by atoms with Crippen LogP contribution >= 0.6 is 0 Å². The Morgan fingerprint density at radius 3 is 2.34 bits per heavy atom. The number of fused-ring (bicyclic) bond motifs is 1. The van der Waals surface area contributed by atoms with Gasteiger partial charge in [-0.2, -0.15) is 5.10 Å². The maximum absolute atomic E-state index is 13.1. The first-order valence-electron chi connectivity index (χ1n) is 8.76. The number of benzene rings is 2. The predicted octanol–water partition coefficient (Wildman–Crippen LogP) is 2.89. The van der Waals surface area contributed by atoms with E-state index in [9.17, 15) is 18.4 Å². The van der Waals surface area contributed by atoms with Crippen LogP contribution in [-0.2, 0) is 11.3 Å². The van der Waals surface area contributed by atoms with Crippen molar-refractivity contribution >= 4 is 22.6 Å². The molecule has 0 aliphatic carbocycles. The molecule has 0 bridgehead atoms. The molecule has 0 aliphatic rings. The van der Waals surface area contributed by atoms with Crippen molar-refractivity contribution in [3.05, 3.63) is 83.0 Å². The van der Waals surface area contributed by atoms with Gasteiger partial charge in [-0.05, 0) is 48.5 Å². The number of carbonyl (C=O) groups is 1. The molecule has 4 aromatic rings. The van der Waals surface area contributed by atoms with Gasteiger partial charge in [-0.1, -0.05) is 0 Å². The fourth-order valence-corrected chi connectivity index (χ4v) is 2.86. The molecule has 2 aromatic heterocycles. The molecule has 1 amide bonds. The summed E-state index contributed by atoms with van der Waals surface area (Å²) >= 11 is 0. The van der Waals surface area contributed by atoms with Crippen molar-refractivity contribution in [3.63, 3.8) is 0 Å². The van der Waals surface area contributed by atoms with E-state index in [1.54, 1.807) is 0 Å². The van der Waals surface area contributed by atoms with Gasteiger partial charge in [0.2, 0.25) is 5.91 Å². The average Bonchev–Trinajstić information content (AvgIpc) is 3.15. The largest absolute Gasteiger partial charge is 0.326 e. The number of rotatable bonds is 5. The zero-order chi connectivity index (χ0) is 20.4. The molecule has 9 heteroatoms. The summed E-state index contributed by atoms with van der Waals surface area (Å²) in [5.41, 5.74) is 1.05. The minimum absolute atomic E-state index is 0.0383. The van der Waals surface area contributed by atoms with E-state index in [0.717, 1.165) is 0 Å². The first kappa shape index (κ1) is 18.5. The first-order valence-corrected chi connectivity index (χ1v) is 8.76. The van der Waals surface area contributed by atoms with Crippen LogP contribution in [0.3, 0.4) is 0 Å². The molecule has 2 aromatic carbocycles. The van der Waals surface area contributed by atoms with E-state index in [0.29, 0.717) is 17.0 Å². The van der Waals surface area contributed by atoms with E-state index in [1.807, 2.05) is 0 Å². The molecule has 0 saturated carbocycles. The summed E-state index contributed by atoms with van der Waals surface area (Å²) in [6, 6.07) is 11.1. The fraction of sp³-hybridized carbons (Fsp3) is 0.100. The maximum Gasteiger partial charge on any atom is 0.264 e. The highest BCUT2D eigenvalue weighted by atomic mass is 19.1. The number of anilines is 1. The molecule has 146 valence electrons. The molecule has 29 heavy (non-hydrogen) atoms. The van der Waals surface area contributed by atoms with Crippen molar-refractivity contribution in [1.29, 1.82) is 0 Å². The SMILES string of the molecule is O=C(CCn1cnc2c(cnn2-c2ccc(F)cc2)c1=O)Nc1ccc(F)cc1. The Labute approximate surface area is 163 Å². The number of nitrogens with one attached hydrogen (secondary N) is 1. The molecule has 0 fully saturated rings. The number of hydrogen-bond donors (Lipinski definition) is 1. The summed E-state index contributed by atoms with van der Waals surface area (Å²) in [5, 5.41) is 7.09. The second-order valence-corrected chi connectivity index (χ2v) is 6.32. The summed E-state index contributed by atoms with van der Waals surface area (Å²) in [7, 11) is 0. The summed E-state index contributed by atoms with van der Waals surface area (Å²) in [5.74, 6) is -1.08. The van der Waals surface area contributed by atoms with E-state index >= 15 is 0 Å². The highest BCUT2D eigenvalue weighted by molar-refractivity contribution is 5.90. The number of aromatic nitrogens is 4. The molecule has 1 N–H and O–H groups in total. The minimum Gasteiger partial charge on any atom is -0.326 e. The number of amides is 1. The highest BCUT2D eigenvalue weighted by Crippen LogP contribution is 2.14. The molecule has 2 heterocycles. The van der Waals surface area contributed by atoms with Gasteiger partial charge >= 0.3 is 0 Å². The Bertz CT molecular complexity index is 1230. The Hall–Kier alpha value is -3.88. The van der Waals surface area contributed by atoms with Gasteiger partial charge in [0, 0.05) is 18.7 Å². The molecule has 4 rings (SSSR count). The van der Waals surface area contributed by atoms with Crippen molar-refractivity contribution in [1.82, 2.24) is 19.3 Å². The molecule has 0 unspecified atom stereocenters. The third-order valence-electron chi connectivity index (χ3n) is 4.33. The lowest BCUT2D eigenvalue weighted by Crippen LogP contribution is -2.23. The standard InChI is InChI=1S/C20H15F2N5O2/c21-13-1-5-15(6-2-13)25-18(28)9-10-26-12-23-19-17(20(26)29)11-24-27(19)16-7-3-14(22)4-8-16/h1-8,11-12H,9-10H2,(H,25,28). The Morgan fingerprint density at radius 2 is 1.66 bits per heavy atom. The van der Waals surface area contributed by atoms with Crippen LogP contribution in [0.1, 0.15) is 6.42 Å². The van der Waals surface area contributed by atoms with Crippen molar-refractivity contribution in [2.45, 2.75) is 13.0 Å². The van der Waals surface area contributed by atoms with Crippen LogP contribution < -0.4 is 10.9 Å². The topological polar surface area (TPSA) is 81.8 Å². The quantitative estimate of drug-likeness (QED) is 0.563. The van der Waals surface area contributed by atoms with Gasteiger partial charge in [-0.25, -0.2) is 18.4 Å². The average molecular weight is 395 g/mol. The second kappa shape index (κ2) is 7.63. The third kappa shape index (κ3) is 3.88. The van der Waals surface area contributed by atoms with Crippen LogP contribution in [0.5, 0.6) is 0 Å². The van der Waals surface area contributed by atoms with Gasteiger partial charge in [-0.3, -0.25) is 14.2 Å². The lowest BCUT2D eigenvalue weighted by atomic mass is 10.3. The molecule has 0 saturated heterocycles. The zero-order valence-electron chi connectivity index (χ0n) is 15.0. The van der Waals surface area contributed by atoms with Crippen LogP contribution in [0.2, 0.25) is 0 Å². The van der Waals surface area contributed by atoms with Crippen molar-refractivity contribution in [3.8, 4) is 5.69 Å². The van der Waals surface area contributed by atoms with Crippen LogP contribution in [0.15, 0.2) is 65.8 Å². The maximum atomic E-state index is 13.1. The predicted molar refractivity (Wildman–Crippen MR) is 103 cm³/mol. The van der Waals surface area contributed by atoms with Gasteiger partial charge < -0.3 is 5.32 Å². The first-order chi connectivity index (χ1) is 14.0. The molecule has 0 spiro atoms. The molecule has 0 atom stereocenters. The summed E-state index contributed by atoms with van der Waals surface area (Å²) < 4.78 is 28.8. The van der Waals surface area contributed by atoms with Crippen LogP contribution in [0.25, 0.3) is 16.7 Å². The monoisotopic (exact) mass is 395 g/mol. The van der Waals surface area contributed by atoms with Crippen molar-refractivity contribution in [2.24, 2.45) is 0 Å². The van der Waals surface area contributed by atoms with Gasteiger partial charge in [0.15, 0.2) is 5.65 Å². The van der Waals surface area contributed by atoms with Crippen molar-refractivity contribution < 1.29 is 13.6 Å². The number of hydrogen-bond acceptors (Lipinski definition) is 4. The van der Waals surface area contributed by atoms with E-state index < -0.39 is 5.82 Å². The highest BCUT2D eigenvalue weighted by Gasteiger charge is 2.12. The zero-order valence-corrected chi connectivity index (χ0v) is 15.0. The minimum atomic E-state index is -0.393. The molecular weight excluding hydrogens is 380 g/mol. The normalized spacial score (nSPS) is 11.0. The lowest BCUT2D eigenvalue weighted by Gasteiger charge is -2.07. The number of nitrogens with zero attached hydrogens (tertiary/aromatic N) is 4. The smallest absolute Gasteiger partial charge is 0.264 e. The summed E-state index contributed by atoms with van der Waals surface area (Å²) in [6.45, 7) is 0.122. The number of halogens is 2. The van der Waals surface area contributed by atoms with E-state index in [1.165, 1.54) is 70.3 Å². The summed E-state index contributed by atoms with van der Waals surface area (Å²) in [4.78, 5) is 29.0. The fourth-order valence-electron chi connectivity index (χ4n) is 2.86. The van der Waals surface area contributed by atoms with E-state index in [4.69, 9.17) is 0 Å². The van der Waals surface area contributed by atoms with Crippen LogP contribution in [0, 0.1) is 11.6 Å². The van der Waals surface area contributed by atoms with Gasteiger partial charge in [0.1, 0.15) is 17.0 Å². The number of aryl methyl sites for hydroxylation is 1. The molecule has 7 nitrogen and oxygen atoms in total. The molecule has 0 aliphatic heterocycles. The van der Waals surface area contributed by atoms with Gasteiger partial charge in [0.25, 0.3) is 5.56 Å². The Morgan fingerprint density at radius 1 is 1.00 bits per heavy atom. The number of carbonyl (C=O) groups excluding carboxylic acids is 1. The van der Waals surface area contributed by atoms with Gasteiger partial charge in [0.05, 0.1) is 18.2 Å². The van der Waals surface area contributed by atoms with Gasteiger partial charge in [-0.15, -0.1) is 0 Å². The molecular formula is C20H15F2N5O2. The summed E-state index contributed by atoms with van der Waals surface area (Å²) in [6.07, 6.45) is 2.78. The molecule has 0 radical (unpaired) electrons. The second-order valence-electron chi connectivity index (χ2n) is 6.32. The van der Waals surface area contributed by atoms with Crippen molar-refractivity contribution in [2.75, 3.05) is 5.32 Å². The van der Waals surface area contributed by atoms with Crippen LogP contribution in [0.4, 0.5) is 14.5 Å². The lowest BCUT2D eigenvalue weighted by molar-refractivity contribution is -0.116. The Balaban J connectivity index is 1.51. The Kier molecular flexibility index (Phi) is 4.86. The van der Waals surface area contributed by atoms with E-state index in [2.05, 4.69) is 15.4 Å².